The van der Waals surface area contributed by atoms with E-state index in [-0.39, 0.29) is 5.91 Å². The lowest BCUT2D eigenvalue weighted by Crippen LogP contribution is -2.47. The molecule has 1 fully saturated rings. The Hall–Kier alpha value is -1.62. The lowest BCUT2D eigenvalue weighted by atomic mass is 10.0. The second-order valence-corrected chi connectivity index (χ2v) is 5.98. The minimum absolute atomic E-state index is 0.210. The van der Waals surface area contributed by atoms with E-state index < -0.39 is 12.0 Å². The third-order valence-electron chi connectivity index (χ3n) is 3.22. The number of piperidine rings is 1. The highest BCUT2D eigenvalue weighted by Crippen LogP contribution is 2.19. The second kappa shape index (κ2) is 6.02. The molecule has 0 spiro atoms. The Balaban J connectivity index is 2.05. The van der Waals surface area contributed by atoms with E-state index in [0.29, 0.717) is 13.0 Å². The van der Waals surface area contributed by atoms with Crippen molar-refractivity contribution in [2.45, 2.75) is 32.2 Å². The minimum Gasteiger partial charge on any atom is -0.480 e. The molecule has 5 heteroatoms. The van der Waals surface area contributed by atoms with Gasteiger partial charge in [-0.15, -0.1) is 11.3 Å². The molecule has 2 rings (SSSR count). The first-order valence-electron chi connectivity index (χ1n) is 6.36. The molecular formula is C14H17NO3S. The van der Waals surface area contributed by atoms with E-state index in [9.17, 15) is 9.59 Å². The molecule has 1 aliphatic heterocycles. The number of carboxylic acid groups (broad SMARTS) is 1. The van der Waals surface area contributed by atoms with Crippen molar-refractivity contribution in [2.24, 2.45) is 0 Å². The van der Waals surface area contributed by atoms with Crippen molar-refractivity contribution in [2.75, 3.05) is 6.54 Å². The van der Waals surface area contributed by atoms with E-state index in [0.717, 1.165) is 17.7 Å². The molecular weight excluding hydrogens is 262 g/mol. The zero-order valence-corrected chi connectivity index (χ0v) is 11.7. The number of amides is 1. The summed E-state index contributed by atoms with van der Waals surface area (Å²) >= 11 is 1.61. The van der Waals surface area contributed by atoms with Gasteiger partial charge in [0.25, 0.3) is 0 Å². The molecule has 1 saturated heterocycles. The van der Waals surface area contributed by atoms with Gasteiger partial charge >= 0.3 is 5.97 Å². The second-order valence-electron chi connectivity index (χ2n) is 4.66. The standard InChI is InChI=1S/C14H17NO3S/c1-10-5-6-11(19-10)7-8-13(16)15-9-3-2-4-12(15)14(17)18/h5-8,12H,2-4,9H2,1H3,(H,17,18)/b8-7+/t12-/m1/s1. The molecule has 1 aliphatic rings. The number of aryl methyl sites for hydroxylation is 1. The third-order valence-corrected chi connectivity index (χ3v) is 4.19. The number of thiophene rings is 1. The number of hydrogen-bond acceptors (Lipinski definition) is 3. The molecule has 2 heterocycles. The van der Waals surface area contributed by atoms with Crippen molar-refractivity contribution in [3.63, 3.8) is 0 Å². The van der Waals surface area contributed by atoms with Gasteiger partial charge in [0.15, 0.2) is 0 Å². The Morgan fingerprint density at radius 1 is 1.42 bits per heavy atom. The summed E-state index contributed by atoms with van der Waals surface area (Å²) < 4.78 is 0. The molecule has 1 aromatic rings. The van der Waals surface area contributed by atoms with Crippen molar-refractivity contribution in [1.29, 1.82) is 0 Å². The van der Waals surface area contributed by atoms with Crippen LogP contribution in [0.15, 0.2) is 18.2 Å². The number of hydrogen-bond donors (Lipinski definition) is 1. The zero-order chi connectivity index (χ0) is 13.8. The van der Waals surface area contributed by atoms with Crippen molar-refractivity contribution in [3.8, 4) is 0 Å². The van der Waals surface area contributed by atoms with Crippen LogP contribution in [0.25, 0.3) is 6.08 Å². The SMILES string of the molecule is Cc1ccc(/C=C/C(=O)N2CCCC[C@@H]2C(=O)O)s1. The summed E-state index contributed by atoms with van der Waals surface area (Å²) in [6.07, 6.45) is 5.53. The van der Waals surface area contributed by atoms with Gasteiger partial charge in [0, 0.05) is 22.4 Å². The monoisotopic (exact) mass is 279 g/mol. The van der Waals surface area contributed by atoms with Gasteiger partial charge in [-0.1, -0.05) is 0 Å². The summed E-state index contributed by atoms with van der Waals surface area (Å²) in [5.74, 6) is -1.12. The number of carbonyl (C=O) groups excluding carboxylic acids is 1. The number of carboxylic acids is 1. The fraction of sp³-hybridized carbons (Fsp3) is 0.429. The van der Waals surface area contributed by atoms with Crippen LogP contribution in [0.1, 0.15) is 29.0 Å². The van der Waals surface area contributed by atoms with Gasteiger partial charge in [-0.25, -0.2) is 4.79 Å². The van der Waals surface area contributed by atoms with Crippen LogP contribution in [0.4, 0.5) is 0 Å². The predicted molar refractivity (Wildman–Crippen MR) is 75.1 cm³/mol. The summed E-state index contributed by atoms with van der Waals surface area (Å²) in [6, 6.07) is 3.28. The van der Waals surface area contributed by atoms with Crippen LogP contribution < -0.4 is 0 Å². The molecule has 0 unspecified atom stereocenters. The van der Waals surface area contributed by atoms with Crippen LogP contribution in [0, 0.1) is 6.92 Å². The van der Waals surface area contributed by atoms with E-state index in [1.54, 1.807) is 17.4 Å². The minimum atomic E-state index is -0.909. The average Bonchev–Trinajstić information content (AvgIpc) is 2.81. The van der Waals surface area contributed by atoms with Gasteiger partial charge in [-0.05, 0) is 44.4 Å². The van der Waals surface area contributed by atoms with Crippen molar-refractivity contribution in [3.05, 3.63) is 28.0 Å². The lowest BCUT2D eigenvalue weighted by molar-refractivity contribution is -0.150. The average molecular weight is 279 g/mol. The van der Waals surface area contributed by atoms with Gasteiger partial charge in [-0.2, -0.15) is 0 Å². The topological polar surface area (TPSA) is 57.6 Å². The predicted octanol–water partition coefficient (Wildman–Crippen LogP) is 2.54. The molecule has 0 radical (unpaired) electrons. The van der Waals surface area contributed by atoms with E-state index in [1.165, 1.54) is 15.9 Å². The molecule has 1 amide bonds. The van der Waals surface area contributed by atoms with Crippen LogP contribution in [0.5, 0.6) is 0 Å². The number of rotatable bonds is 3. The van der Waals surface area contributed by atoms with Crippen LogP contribution in [-0.4, -0.2) is 34.5 Å². The van der Waals surface area contributed by atoms with Crippen molar-refractivity contribution >= 4 is 29.3 Å². The molecule has 0 aromatic carbocycles. The first-order chi connectivity index (χ1) is 9.08. The largest absolute Gasteiger partial charge is 0.480 e. The smallest absolute Gasteiger partial charge is 0.326 e. The molecule has 19 heavy (non-hydrogen) atoms. The van der Waals surface area contributed by atoms with Gasteiger partial charge in [0.05, 0.1) is 0 Å². The number of nitrogens with zero attached hydrogens (tertiary/aromatic N) is 1. The summed E-state index contributed by atoms with van der Waals surface area (Å²) in [6.45, 7) is 2.54. The van der Waals surface area contributed by atoms with Crippen LogP contribution in [0.2, 0.25) is 0 Å². The Morgan fingerprint density at radius 3 is 2.84 bits per heavy atom. The highest BCUT2D eigenvalue weighted by Gasteiger charge is 2.30. The quantitative estimate of drug-likeness (QED) is 0.865. The number of likely N-dealkylation sites (tertiary alicyclic amines) is 1. The van der Waals surface area contributed by atoms with Crippen LogP contribution in [0.3, 0.4) is 0 Å². The van der Waals surface area contributed by atoms with Gasteiger partial charge in [0.1, 0.15) is 6.04 Å². The highest BCUT2D eigenvalue weighted by molar-refractivity contribution is 7.12. The molecule has 102 valence electrons. The van der Waals surface area contributed by atoms with Crippen molar-refractivity contribution in [1.82, 2.24) is 4.90 Å². The first kappa shape index (κ1) is 13.8. The van der Waals surface area contributed by atoms with E-state index >= 15 is 0 Å². The fourth-order valence-electron chi connectivity index (χ4n) is 2.24. The lowest BCUT2D eigenvalue weighted by Gasteiger charge is -2.32. The van der Waals surface area contributed by atoms with E-state index in [1.807, 2.05) is 19.1 Å². The summed E-state index contributed by atoms with van der Waals surface area (Å²) in [5.41, 5.74) is 0. The molecule has 1 atom stereocenters. The Labute approximate surface area is 116 Å². The number of carbonyl (C=O) groups is 2. The summed E-state index contributed by atoms with van der Waals surface area (Å²) in [4.78, 5) is 26.9. The first-order valence-corrected chi connectivity index (χ1v) is 7.17. The zero-order valence-electron chi connectivity index (χ0n) is 10.8. The third kappa shape index (κ3) is 3.44. The van der Waals surface area contributed by atoms with Gasteiger partial charge in [0.2, 0.25) is 5.91 Å². The molecule has 0 bridgehead atoms. The van der Waals surface area contributed by atoms with Crippen molar-refractivity contribution < 1.29 is 14.7 Å². The molecule has 0 saturated carbocycles. The fourth-order valence-corrected chi connectivity index (χ4v) is 3.02. The summed E-state index contributed by atoms with van der Waals surface area (Å²) in [7, 11) is 0. The number of aliphatic carboxylic acids is 1. The Morgan fingerprint density at radius 2 is 2.21 bits per heavy atom. The normalized spacial score (nSPS) is 19.8. The molecule has 4 nitrogen and oxygen atoms in total. The summed E-state index contributed by atoms with van der Waals surface area (Å²) in [5, 5.41) is 9.13. The van der Waals surface area contributed by atoms with E-state index in [2.05, 4.69) is 0 Å². The van der Waals surface area contributed by atoms with E-state index in [4.69, 9.17) is 5.11 Å². The van der Waals surface area contributed by atoms with Crippen LogP contribution in [-0.2, 0) is 9.59 Å². The maximum Gasteiger partial charge on any atom is 0.326 e. The highest BCUT2D eigenvalue weighted by atomic mass is 32.1. The Bertz CT molecular complexity index is 507. The maximum absolute atomic E-state index is 12.1. The van der Waals surface area contributed by atoms with Gasteiger partial charge in [-0.3, -0.25) is 4.79 Å². The molecule has 1 aromatic heterocycles. The molecule has 0 aliphatic carbocycles. The van der Waals surface area contributed by atoms with Gasteiger partial charge < -0.3 is 10.0 Å². The maximum atomic E-state index is 12.1. The molecule has 1 N–H and O–H groups in total. The Kier molecular flexibility index (Phi) is 4.37. The van der Waals surface area contributed by atoms with Crippen LogP contribution >= 0.6 is 11.3 Å².